The van der Waals surface area contributed by atoms with Gasteiger partial charge in [-0.2, -0.15) is 6.20 Å². The van der Waals surface area contributed by atoms with Crippen LogP contribution in [0, 0.1) is 12.3 Å². The highest BCUT2D eigenvalue weighted by Crippen LogP contribution is 2.23. The number of halogens is 1. The lowest BCUT2D eigenvalue weighted by Gasteiger charge is -2.15. The van der Waals surface area contributed by atoms with Gasteiger partial charge in [0.15, 0.2) is 0 Å². The van der Waals surface area contributed by atoms with Crippen molar-refractivity contribution < 1.29 is 0 Å². The molecule has 0 aliphatic heterocycles. The van der Waals surface area contributed by atoms with Gasteiger partial charge in [-0.3, -0.25) is 15.4 Å². The minimum absolute atomic E-state index is 0.333. The highest BCUT2D eigenvalue weighted by molar-refractivity contribution is 6.31. The summed E-state index contributed by atoms with van der Waals surface area (Å²) in [4.78, 5) is 12.8. The Morgan fingerprint density at radius 3 is 2.71 bits per heavy atom. The first kappa shape index (κ1) is 16.1. The van der Waals surface area contributed by atoms with Crippen molar-refractivity contribution in [2.45, 2.75) is 6.92 Å². The molecule has 0 unspecified atom stereocenters. The van der Waals surface area contributed by atoms with Gasteiger partial charge in [0, 0.05) is 29.7 Å². The molecule has 1 N–H and O–H groups in total. The maximum atomic E-state index is 8.53. The van der Waals surface area contributed by atoms with Crippen LogP contribution >= 0.6 is 11.6 Å². The predicted octanol–water partition coefficient (Wildman–Crippen LogP) is 4.40. The van der Waals surface area contributed by atoms with E-state index in [0.29, 0.717) is 22.0 Å². The normalized spacial score (nSPS) is 11.5. The highest BCUT2D eigenvalue weighted by atomic mass is 35.5. The van der Waals surface area contributed by atoms with Gasteiger partial charge >= 0.3 is 0 Å². The minimum Gasteiger partial charge on any atom is -0.693 e. The molecule has 0 atom stereocenters. The van der Waals surface area contributed by atoms with E-state index in [1.807, 2.05) is 25.1 Å². The van der Waals surface area contributed by atoms with E-state index in [2.05, 4.69) is 20.3 Å². The summed E-state index contributed by atoms with van der Waals surface area (Å²) in [6, 6.07) is 7.30. The topological polar surface area (TPSA) is 76.6 Å². The Labute approximate surface area is 145 Å². The van der Waals surface area contributed by atoms with Crippen LogP contribution < -0.4 is 0 Å². The number of aryl methyl sites for hydroxylation is 1. The van der Waals surface area contributed by atoms with E-state index in [-0.39, 0.29) is 0 Å². The maximum Gasteiger partial charge on any atom is 0.129 e. The van der Waals surface area contributed by atoms with E-state index >= 15 is 0 Å². The molecule has 0 spiro atoms. The van der Waals surface area contributed by atoms with Crippen LogP contribution in [0.4, 0.5) is 0 Å². The molecule has 120 valence electrons. The van der Waals surface area contributed by atoms with Crippen LogP contribution in [-0.4, -0.2) is 27.7 Å². The molecule has 0 aliphatic rings. The minimum atomic E-state index is 0.333. The standard InChI is InChI=1S/C18H15ClN5/c1-11-5-13(8-22-7-11)18(20)14(10-21-2)12-6-16-15(23-9-12)3-4-17(19)24-16/h3-10,20H,1-2H3/q-1/b14-10-,20-18?. The molecule has 3 aromatic heterocycles. The molecule has 0 amide bonds. The van der Waals surface area contributed by atoms with Crippen molar-refractivity contribution in [3.05, 3.63) is 76.2 Å². The first-order chi connectivity index (χ1) is 11.6. The molecule has 0 aromatic carbocycles. The Hall–Kier alpha value is -2.79. The van der Waals surface area contributed by atoms with E-state index in [1.165, 1.54) is 0 Å². The summed E-state index contributed by atoms with van der Waals surface area (Å²) in [6.45, 7) is 1.95. The van der Waals surface area contributed by atoms with Crippen LogP contribution in [0.3, 0.4) is 0 Å². The largest absolute Gasteiger partial charge is 0.693 e. The Bertz CT molecular complexity index is 949. The number of allylic oxidation sites excluding steroid dienone is 1. The summed E-state index contributed by atoms with van der Waals surface area (Å²) in [5.41, 5.74) is 4.89. The van der Waals surface area contributed by atoms with E-state index in [9.17, 15) is 0 Å². The van der Waals surface area contributed by atoms with Crippen molar-refractivity contribution in [3.8, 4) is 0 Å². The van der Waals surface area contributed by atoms with Gasteiger partial charge in [-0.25, -0.2) is 4.98 Å². The monoisotopic (exact) mass is 336 g/mol. The number of aromatic nitrogens is 3. The van der Waals surface area contributed by atoms with Crippen LogP contribution in [0.5, 0.6) is 0 Å². The molecule has 0 saturated heterocycles. The molecule has 24 heavy (non-hydrogen) atoms. The van der Waals surface area contributed by atoms with Crippen molar-refractivity contribution in [3.63, 3.8) is 0 Å². The van der Waals surface area contributed by atoms with Crippen molar-refractivity contribution in [2.75, 3.05) is 7.05 Å². The lowest BCUT2D eigenvalue weighted by molar-refractivity contribution is 1.25. The van der Waals surface area contributed by atoms with Gasteiger partial charge in [0.2, 0.25) is 0 Å². The van der Waals surface area contributed by atoms with E-state index in [4.69, 9.17) is 17.0 Å². The van der Waals surface area contributed by atoms with Crippen molar-refractivity contribution in [1.82, 2.24) is 15.0 Å². The van der Waals surface area contributed by atoms with Crippen LogP contribution in [-0.2, 0) is 0 Å². The second kappa shape index (κ2) is 6.76. The molecule has 5 nitrogen and oxygen atoms in total. The summed E-state index contributed by atoms with van der Waals surface area (Å²) in [7, 11) is 1.67. The zero-order chi connectivity index (χ0) is 17.1. The Morgan fingerprint density at radius 1 is 1.12 bits per heavy atom. The molecular formula is C18H15ClN5-. The number of hydrogen-bond acceptors (Lipinski definition) is 4. The summed E-state index contributed by atoms with van der Waals surface area (Å²) in [5, 5.41) is 13.0. The third-order valence-corrected chi connectivity index (χ3v) is 3.72. The smallest absolute Gasteiger partial charge is 0.129 e. The summed E-state index contributed by atoms with van der Waals surface area (Å²) < 4.78 is 0. The van der Waals surface area contributed by atoms with Crippen molar-refractivity contribution in [1.29, 1.82) is 5.41 Å². The SMILES string of the molecule is C[N-]/C=C(\C(=N)c1cncc(C)c1)c1cnc2ccc(Cl)nc2c1. The van der Waals surface area contributed by atoms with Gasteiger partial charge in [-0.05, 0) is 42.3 Å². The number of fused-ring (bicyclic) bond motifs is 1. The van der Waals surface area contributed by atoms with Crippen LogP contribution in [0.2, 0.25) is 5.15 Å². The number of nitrogens with one attached hydrogen (secondary N) is 1. The molecule has 0 fully saturated rings. The fourth-order valence-electron chi connectivity index (χ4n) is 2.39. The quantitative estimate of drug-likeness (QED) is 0.566. The van der Waals surface area contributed by atoms with Crippen LogP contribution in [0.25, 0.3) is 21.9 Å². The van der Waals surface area contributed by atoms with Crippen LogP contribution in [0.1, 0.15) is 16.7 Å². The third-order valence-electron chi connectivity index (χ3n) is 3.51. The molecule has 3 heterocycles. The fraction of sp³-hybridized carbons (Fsp3) is 0.111. The van der Waals surface area contributed by atoms with Gasteiger partial charge in [0.25, 0.3) is 0 Å². The molecule has 0 radical (unpaired) electrons. The van der Waals surface area contributed by atoms with Gasteiger partial charge in [0.05, 0.1) is 16.7 Å². The van der Waals surface area contributed by atoms with Crippen molar-refractivity contribution >= 4 is 33.9 Å². The first-order valence-corrected chi connectivity index (χ1v) is 7.69. The highest BCUT2D eigenvalue weighted by Gasteiger charge is 2.11. The lowest BCUT2D eigenvalue weighted by Crippen LogP contribution is -2.05. The van der Waals surface area contributed by atoms with E-state index in [0.717, 1.165) is 22.2 Å². The molecule has 6 heteroatoms. The Kier molecular flexibility index (Phi) is 4.53. The number of pyridine rings is 3. The van der Waals surface area contributed by atoms with Gasteiger partial charge in [0.1, 0.15) is 5.15 Å². The maximum absolute atomic E-state index is 8.53. The Balaban J connectivity index is 2.08. The van der Waals surface area contributed by atoms with Crippen molar-refractivity contribution in [2.24, 2.45) is 0 Å². The second-order valence-corrected chi connectivity index (χ2v) is 5.71. The number of hydrogen-bond donors (Lipinski definition) is 1. The third kappa shape index (κ3) is 3.26. The van der Waals surface area contributed by atoms with E-state index < -0.39 is 0 Å². The summed E-state index contributed by atoms with van der Waals surface area (Å²) >= 11 is 5.97. The average molecular weight is 337 g/mol. The lowest BCUT2D eigenvalue weighted by atomic mass is 9.98. The van der Waals surface area contributed by atoms with Crippen LogP contribution in [0.15, 0.2) is 49.1 Å². The van der Waals surface area contributed by atoms with Gasteiger partial charge < -0.3 is 5.32 Å². The summed E-state index contributed by atoms with van der Waals surface area (Å²) in [5.74, 6) is 0. The Morgan fingerprint density at radius 2 is 1.96 bits per heavy atom. The molecule has 3 rings (SSSR count). The zero-order valence-electron chi connectivity index (χ0n) is 13.3. The fourth-order valence-corrected chi connectivity index (χ4v) is 2.54. The second-order valence-electron chi connectivity index (χ2n) is 5.32. The van der Waals surface area contributed by atoms with Gasteiger partial charge in [-0.1, -0.05) is 11.6 Å². The number of rotatable bonds is 4. The average Bonchev–Trinajstić information content (AvgIpc) is 2.58. The molecular weight excluding hydrogens is 322 g/mol. The summed E-state index contributed by atoms with van der Waals surface area (Å²) in [6.07, 6.45) is 6.79. The van der Waals surface area contributed by atoms with Gasteiger partial charge in [-0.15, -0.1) is 7.05 Å². The molecule has 0 bridgehead atoms. The molecule has 3 aromatic rings. The zero-order valence-corrected chi connectivity index (χ0v) is 14.0. The molecule has 0 aliphatic carbocycles. The molecule has 0 saturated carbocycles. The van der Waals surface area contributed by atoms with E-state index in [1.54, 1.807) is 37.9 Å². The first-order valence-electron chi connectivity index (χ1n) is 7.31. The number of nitrogens with zero attached hydrogens (tertiary/aromatic N) is 4. The predicted molar refractivity (Wildman–Crippen MR) is 97.6 cm³/mol.